The summed E-state index contributed by atoms with van der Waals surface area (Å²) >= 11 is 0. The third-order valence-electron chi connectivity index (χ3n) is 3.51. The fourth-order valence-corrected chi connectivity index (χ4v) is 2.24. The Balaban J connectivity index is 2.45. The number of carbonyl (C=O) groups is 2. The van der Waals surface area contributed by atoms with Gasteiger partial charge in [-0.3, -0.25) is 14.5 Å². The Kier molecular flexibility index (Phi) is 3.68. The fourth-order valence-electron chi connectivity index (χ4n) is 2.24. The molecule has 19 heavy (non-hydrogen) atoms. The first-order chi connectivity index (χ1) is 9.01. The van der Waals surface area contributed by atoms with Crippen LogP contribution < -0.4 is 4.90 Å². The lowest BCUT2D eigenvalue weighted by molar-refractivity contribution is -0.119. The van der Waals surface area contributed by atoms with Crippen LogP contribution in [0.2, 0.25) is 0 Å². The molecule has 1 aromatic rings. The molecule has 5 heteroatoms. The highest BCUT2D eigenvalue weighted by Crippen LogP contribution is 2.34. The van der Waals surface area contributed by atoms with E-state index in [9.17, 15) is 9.59 Å². The van der Waals surface area contributed by atoms with Crippen molar-refractivity contribution < 1.29 is 19.1 Å². The van der Waals surface area contributed by atoms with Crippen LogP contribution in [-0.4, -0.2) is 38.7 Å². The van der Waals surface area contributed by atoms with Crippen molar-refractivity contribution in [2.45, 2.75) is 20.1 Å². The number of Topliss-reactive ketones (excluding diaryl/α,β-unsaturated/α-hetero) is 1. The summed E-state index contributed by atoms with van der Waals surface area (Å²) in [5, 5.41) is 0. The van der Waals surface area contributed by atoms with Gasteiger partial charge in [0.1, 0.15) is 0 Å². The number of rotatable bonds is 4. The summed E-state index contributed by atoms with van der Waals surface area (Å²) < 4.78 is 10.2. The first-order valence-corrected chi connectivity index (χ1v) is 6.03. The van der Waals surface area contributed by atoms with Gasteiger partial charge in [-0.1, -0.05) is 6.07 Å². The Morgan fingerprint density at radius 1 is 1.16 bits per heavy atom. The Labute approximate surface area is 112 Å². The lowest BCUT2D eigenvalue weighted by Crippen LogP contribution is -2.38. The van der Waals surface area contributed by atoms with E-state index in [1.165, 1.54) is 19.1 Å². The third kappa shape index (κ3) is 2.15. The zero-order chi connectivity index (χ0) is 14.2. The molecule has 1 aliphatic heterocycles. The maximum absolute atomic E-state index is 12.1. The Morgan fingerprint density at radius 3 is 2.37 bits per heavy atom. The first-order valence-electron chi connectivity index (χ1n) is 6.03. The van der Waals surface area contributed by atoms with Crippen LogP contribution >= 0.6 is 0 Å². The number of hydrogen-bond acceptors (Lipinski definition) is 4. The van der Waals surface area contributed by atoms with E-state index in [2.05, 4.69) is 0 Å². The molecule has 2 rings (SSSR count). The van der Waals surface area contributed by atoms with E-state index in [0.717, 1.165) is 11.1 Å². The van der Waals surface area contributed by atoms with Crippen LogP contribution in [0.3, 0.4) is 0 Å². The van der Waals surface area contributed by atoms with Crippen LogP contribution in [0.25, 0.3) is 0 Å². The second kappa shape index (κ2) is 5.11. The van der Waals surface area contributed by atoms with E-state index in [0.29, 0.717) is 11.3 Å². The number of benzene rings is 1. The highest BCUT2D eigenvalue weighted by molar-refractivity contribution is 6.52. The Morgan fingerprint density at radius 2 is 1.79 bits per heavy atom. The van der Waals surface area contributed by atoms with Crippen molar-refractivity contribution in [3.63, 3.8) is 0 Å². The molecule has 0 unspecified atom stereocenters. The number of fused-ring (bicyclic) bond motifs is 1. The molecule has 1 aliphatic rings. The topological polar surface area (TPSA) is 55.8 Å². The second-order valence-electron chi connectivity index (χ2n) is 4.55. The van der Waals surface area contributed by atoms with Gasteiger partial charge in [-0.05, 0) is 31.0 Å². The molecular formula is C14H17NO4. The van der Waals surface area contributed by atoms with Crippen molar-refractivity contribution in [2.24, 2.45) is 0 Å². The van der Waals surface area contributed by atoms with Crippen LogP contribution in [0.15, 0.2) is 12.1 Å². The molecular weight excluding hydrogens is 246 g/mol. The van der Waals surface area contributed by atoms with Gasteiger partial charge in [0.2, 0.25) is 0 Å². The summed E-state index contributed by atoms with van der Waals surface area (Å²) in [4.78, 5) is 25.5. The number of amides is 1. The zero-order valence-electron chi connectivity index (χ0n) is 11.5. The highest BCUT2D eigenvalue weighted by atomic mass is 16.7. The van der Waals surface area contributed by atoms with Crippen LogP contribution in [-0.2, 0) is 14.3 Å². The number of ketones is 1. The van der Waals surface area contributed by atoms with E-state index < -0.39 is 18.0 Å². The molecule has 0 atom stereocenters. The van der Waals surface area contributed by atoms with Crippen molar-refractivity contribution >= 4 is 17.4 Å². The lowest BCUT2D eigenvalue weighted by atomic mass is 10.0. The van der Waals surface area contributed by atoms with Crippen molar-refractivity contribution in [2.75, 3.05) is 25.7 Å². The smallest absolute Gasteiger partial charge is 0.299 e. The third-order valence-corrected chi connectivity index (χ3v) is 3.51. The largest absolute Gasteiger partial charge is 0.354 e. The van der Waals surface area contributed by atoms with Crippen LogP contribution in [0.1, 0.15) is 21.5 Å². The maximum atomic E-state index is 12.1. The SMILES string of the molecule is COC(CN1C(=O)C(=O)c2ccc(C)c(C)c21)OC. The minimum atomic E-state index is -0.553. The number of anilines is 1. The molecule has 0 saturated carbocycles. The predicted molar refractivity (Wildman–Crippen MR) is 70.4 cm³/mol. The van der Waals surface area contributed by atoms with Gasteiger partial charge in [0.25, 0.3) is 11.7 Å². The van der Waals surface area contributed by atoms with Gasteiger partial charge < -0.3 is 9.47 Å². The minimum Gasteiger partial charge on any atom is -0.354 e. The number of ether oxygens (including phenoxy) is 2. The average Bonchev–Trinajstić information content (AvgIpc) is 2.65. The lowest BCUT2D eigenvalue weighted by Gasteiger charge is -2.23. The Bertz CT molecular complexity index is 534. The Hall–Kier alpha value is -1.72. The zero-order valence-corrected chi connectivity index (χ0v) is 11.5. The van der Waals surface area contributed by atoms with Crippen LogP contribution in [0, 0.1) is 13.8 Å². The molecule has 0 saturated heterocycles. The number of aryl methyl sites for hydroxylation is 1. The first kappa shape index (κ1) is 13.7. The monoisotopic (exact) mass is 263 g/mol. The fraction of sp³-hybridized carbons (Fsp3) is 0.429. The van der Waals surface area contributed by atoms with Gasteiger partial charge in [0.05, 0.1) is 17.8 Å². The predicted octanol–water partition coefficient (Wildman–Crippen LogP) is 1.45. The molecule has 1 amide bonds. The van der Waals surface area contributed by atoms with Crippen LogP contribution in [0.5, 0.6) is 0 Å². The average molecular weight is 263 g/mol. The van der Waals surface area contributed by atoms with E-state index in [1.807, 2.05) is 19.9 Å². The van der Waals surface area contributed by atoms with Gasteiger partial charge in [-0.2, -0.15) is 0 Å². The molecule has 0 N–H and O–H groups in total. The number of nitrogens with zero attached hydrogens (tertiary/aromatic N) is 1. The van der Waals surface area contributed by atoms with Crippen molar-refractivity contribution in [3.8, 4) is 0 Å². The summed E-state index contributed by atoms with van der Waals surface area (Å²) in [5.74, 6) is -0.994. The molecule has 0 fully saturated rings. The number of hydrogen-bond donors (Lipinski definition) is 0. The van der Waals surface area contributed by atoms with Gasteiger partial charge in [0.15, 0.2) is 6.29 Å². The molecule has 0 aliphatic carbocycles. The van der Waals surface area contributed by atoms with E-state index in [4.69, 9.17) is 9.47 Å². The molecule has 0 aromatic heterocycles. The number of methoxy groups -OCH3 is 2. The minimum absolute atomic E-state index is 0.203. The van der Waals surface area contributed by atoms with E-state index in [1.54, 1.807) is 6.07 Å². The van der Waals surface area contributed by atoms with E-state index >= 15 is 0 Å². The molecule has 102 valence electrons. The van der Waals surface area contributed by atoms with Crippen molar-refractivity contribution in [1.82, 2.24) is 0 Å². The van der Waals surface area contributed by atoms with Crippen molar-refractivity contribution in [1.29, 1.82) is 0 Å². The molecule has 5 nitrogen and oxygen atoms in total. The molecule has 0 radical (unpaired) electrons. The van der Waals surface area contributed by atoms with Gasteiger partial charge in [-0.25, -0.2) is 0 Å². The summed E-state index contributed by atoms with van der Waals surface area (Å²) in [6.45, 7) is 4.06. The summed E-state index contributed by atoms with van der Waals surface area (Å²) in [7, 11) is 3.00. The van der Waals surface area contributed by atoms with E-state index in [-0.39, 0.29) is 6.54 Å². The van der Waals surface area contributed by atoms with Gasteiger partial charge >= 0.3 is 0 Å². The molecule has 1 aromatic carbocycles. The van der Waals surface area contributed by atoms with Crippen LogP contribution in [0.4, 0.5) is 5.69 Å². The second-order valence-corrected chi connectivity index (χ2v) is 4.55. The summed E-state index contributed by atoms with van der Waals surface area (Å²) in [6, 6.07) is 3.56. The summed E-state index contributed by atoms with van der Waals surface area (Å²) in [5.41, 5.74) is 3.11. The number of carbonyl (C=O) groups excluding carboxylic acids is 2. The van der Waals surface area contributed by atoms with Gasteiger partial charge in [0, 0.05) is 14.2 Å². The standard InChI is InChI=1S/C14H17NO4/c1-8-5-6-10-12(9(8)2)15(14(17)13(10)16)7-11(18-3)19-4/h5-6,11H,7H2,1-4H3. The summed E-state index contributed by atoms with van der Waals surface area (Å²) in [6.07, 6.45) is -0.553. The van der Waals surface area contributed by atoms with Gasteiger partial charge in [-0.15, -0.1) is 0 Å². The quantitative estimate of drug-likeness (QED) is 0.609. The molecule has 0 spiro atoms. The molecule has 0 bridgehead atoms. The molecule has 1 heterocycles. The normalized spacial score (nSPS) is 14.5. The van der Waals surface area contributed by atoms with Crippen molar-refractivity contribution in [3.05, 3.63) is 28.8 Å². The highest BCUT2D eigenvalue weighted by Gasteiger charge is 2.38. The maximum Gasteiger partial charge on any atom is 0.299 e.